The molecule has 0 spiro atoms. The van der Waals surface area contributed by atoms with Crippen LogP contribution in [0.4, 0.5) is 10.6 Å². The van der Waals surface area contributed by atoms with Crippen LogP contribution in [-0.4, -0.2) is 63.6 Å². The predicted molar refractivity (Wildman–Crippen MR) is 124 cm³/mol. The van der Waals surface area contributed by atoms with Gasteiger partial charge in [0.15, 0.2) is 0 Å². The first-order valence-electron chi connectivity index (χ1n) is 10.5. The van der Waals surface area contributed by atoms with E-state index in [2.05, 4.69) is 14.9 Å². The molecule has 1 amide bonds. The third-order valence-electron chi connectivity index (χ3n) is 5.30. The van der Waals surface area contributed by atoms with Gasteiger partial charge in [-0.3, -0.25) is 0 Å². The van der Waals surface area contributed by atoms with Gasteiger partial charge in [-0.2, -0.15) is 0 Å². The highest BCUT2D eigenvalue weighted by atomic mass is 35.5. The molecule has 9 heteroatoms. The smallest absolute Gasteiger partial charge is 0.410 e. The standard InChI is InChI=1S/C23H26ClN5O3/c1-23(2,3)32-22(31)28-10-8-27(9-11-28)20-19-17(16-6-4-5-7-18(16)24)14-29(12-13-30)21(19)26-15-25-20/h4-7,13-15H,8-12H2,1-3H3. The van der Waals surface area contributed by atoms with Crippen LogP contribution in [0.15, 0.2) is 36.8 Å². The van der Waals surface area contributed by atoms with Gasteiger partial charge in [-0.1, -0.05) is 29.8 Å². The second-order valence-corrected chi connectivity index (χ2v) is 9.10. The maximum atomic E-state index is 12.4. The highest BCUT2D eigenvalue weighted by Crippen LogP contribution is 2.38. The fourth-order valence-electron chi connectivity index (χ4n) is 3.88. The van der Waals surface area contributed by atoms with E-state index >= 15 is 0 Å². The minimum atomic E-state index is -0.529. The molecule has 32 heavy (non-hydrogen) atoms. The number of ether oxygens (including phenoxy) is 1. The van der Waals surface area contributed by atoms with Crippen molar-refractivity contribution in [3.05, 3.63) is 41.8 Å². The van der Waals surface area contributed by atoms with Gasteiger partial charge in [0.2, 0.25) is 0 Å². The van der Waals surface area contributed by atoms with Crippen LogP contribution in [0.5, 0.6) is 0 Å². The Balaban J connectivity index is 1.69. The monoisotopic (exact) mass is 455 g/mol. The van der Waals surface area contributed by atoms with Crippen LogP contribution < -0.4 is 4.90 Å². The summed E-state index contributed by atoms with van der Waals surface area (Å²) in [6.07, 6.45) is 3.95. The Labute approximate surface area is 191 Å². The van der Waals surface area contributed by atoms with Crippen LogP contribution in [0.3, 0.4) is 0 Å². The summed E-state index contributed by atoms with van der Waals surface area (Å²) in [5, 5.41) is 1.45. The molecule has 1 aliphatic rings. The van der Waals surface area contributed by atoms with Crippen LogP contribution >= 0.6 is 11.6 Å². The molecule has 0 bridgehead atoms. The molecule has 1 aromatic carbocycles. The van der Waals surface area contributed by atoms with E-state index in [1.807, 2.05) is 55.8 Å². The summed E-state index contributed by atoms with van der Waals surface area (Å²) in [5.74, 6) is 0.762. The SMILES string of the molecule is CC(C)(C)OC(=O)N1CCN(c2ncnc3c2c(-c2ccccc2Cl)cn3CC=O)CC1. The largest absolute Gasteiger partial charge is 0.444 e. The fourth-order valence-corrected chi connectivity index (χ4v) is 4.12. The molecular weight excluding hydrogens is 430 g/mol. The molecule has 1 aliphatic heterocycles. The van der Waals surface area contributed by atoms with Gasteiger partial charge in [-0.25, -0.2) is 14.8 Å². The maximum absolute atomic E-state index is 12.4. The van der Waals surface area contributed by atoms with Crippen molar-refractivity contribution in [1.29, 1.82) is 0 Å². The van der Waals surface area contributed by atoms with Gasteiger partial charge in [-0.05, 0) is 26.8 Å². The zero-order valence-electron chi connectivity index (χ0n) is 18.4. The van der Waals surface area contributed by atoms with Gasteiger partial charge in [0.05, 0.1) is 11.9 Å². The van der Waals surface area contributed by atoms with Gasteiger partial charge >= 0.3 is 6.09 Å². The van der Waals surface area contributed by atoms with Crippen LogP contribution in [0.25, 0.3) is 22.2 Å². The van der Waals surface area contributed by atoms with Crippen molar-refractivity contribution < 1.29 is 14.3 Å². The number of anilines is 1. The van der Waals surface area contributed by atoms with E-state index in [1.165, 1.54) is 6.33 Å². The number of rotatable bonds is 4. The van der Waals surface area contributed by atoms with E-state index < -0.39 is 5.60 Å². The molecule has 0 atom stereocenters. The number of amides is 1. The fraction of sp³-hybridized carbons (Fsp3) is 0.391. The van der Waals surface area contributed by atoms with Crippen molar-refractivity contribution >= 4 is 40.8 Å². The Bertz CT molecular complexity index is 1150. The molecule has 1 saturated heterocycles. The van der Waals surface area contributed by atoms with Crippen LogP contribution in [0.2, 0.25) is 5.02 Å². The first kappa shape index (κ1) is 22.1. The summed E-state index contributed by atoms with van der Waals surface area (Å²) >= 11 is 6.50. The number of carbonyl (C=O) groups is 2. The zero-order valence-corrected chi connectivity index (χ0v) is 19.2. The molecule has 0 aliphatic carbocycles. The molecule has 0 radical (unpaired) electrons. The predicted octanol–water partition coefficient (Wildman–Crippen LogP) is 4.01. The molecule has 4 rings (SSSR count). The molecule has 0 N–H and O–H groups in total. The average Bonchev–Trinajstić information content (AvgIpc) is 3.12. The molecular formula is C23H26ClN5O3. The molecule has 8 nitrogen and oxygen atoms in total. The topological polar surface area (TPSA) is 80.6 Å². The number of hydrogen-bond acceptors (Lipinski definition) is 6. The van der Waals surface area contributed by atoms with E-state index in [-0.39, 0.29) is 12.6 Å². The van der Waals surface area contributed by atoms with Gasteiger partial charge in [0, 0.05) is 48.5 Å². The molecule has 2 aromatic heterocycles. The number of fused-ring (bicyclic) bond motifs is 1. The Morgan fingerprint density at radius 1 is 1.12 bits per heavy atom. The van der Waals surface area contributed by atoms with Gasteiger partial charge < -0.3 is 23.9 Å². The Kier molecular flexibility index (Phi) is 6.06. The second kappa shape index (κ2) is 8.78. The Hall–Kier alpha value is -3.13. The molecule has 1 fully saturated rings. The molecule has 3 aromatic rings. The zero-order chi connectivity index (χ0) is 22.9. The molecule has 0 saturated carbocycles. The van der Waals surface area contributed by atoms with Crippen molar-refractivity contribution in [3.63, 3.8) is 0 Å². The van der Waals surface area contributed by atoms with E-state index in [0.29, 0.717) is 36.8 Å². The van der Waals surface area contributed by atoms with Crippen molar-refractivity contribution in [2.45, 2.75) is 32.9 Å². The number of aromatic nitrogens is 3. The number of halogens is 1. The molecule has 0 unspecified atom stereocenters. The quantitative estimate of drug-likeness (QED) is 0.553. The normalized spacial score (nSPS) is 14.6. The van der Waals surface area contributed by atoms with Gasteiger partial charge in [0.1, 0.15) is 29.7 Å². The molecule has 3 heterocycles. The third kappa shape index (κ3) is 4.41. The highest BCUT2D eigenvalue weighted by molar-refractivity contribution is 6.33. The lowest BCUT2D eigenvalue weighted by molar-refractivity contribution is -0.108. The number of carbonyl (C=O) groups excluding carboxylic acids is 2. The van der Waals surface area contributed by atoms with E-state index in [4.69, 9.17) is 16.3 Å². The van der Waals surface area contributed by atoms with E-state index in [9.17, 15) is 9.59 Å². The van der Waals surface area contributed by atoms with Crippen molar-refractivity contribution in [1.82, 2.24) is 19.4 Å². The van der Waals surface area contributed by atoms with E-state index in [1.54, 1.807) is 4.90 Å². The summed E-state index contributed by atoms with van der Waals surface area (Å²) in [5.41, 5.74) is 1.87. The summed E-state index contributed by atoms with van der Waals surface area (Å²) in [6, 6.07) is 7.58. The van der Waals surface area contributed by atoms with Crippen molar-refractivity contribution in [3.8, 4) is 11.1 Å². The summed E-state index contributed by atoms with van der Waals surface area (Å²) in [6.45, 7) is 8.02. The lowest BCUT2D eigenvalue weighted by Crippen LogP contribution is -2.50. The first-order valence-corrected chi connectivity index (χ1v) is 10.9. The lowest BCUT2D eigenvalue weighted by atomic mass is 10.1. The minimum absolute atomic E-state index is 0.184. The minimum Gasteiger partial charge on any atom is -0.444 e. The highest BCUT2D eigenvalue weighted by Gasteiger charge is 2.28. The first-order chi connectivity index (χ1) is 15.3. The van der Waals surface area contributed by atoms with Crippen molar-refractivity contribution in [2.24, 2.45) is 0 Å². The Morgan fingerprint density at radius 2 is 1.84 bits per heavy atom. The number of benzene rings is 1. The number of piperazine rings is 1. The Morgan fingerprint density at radius 3 is 2.50 bits per heavy atom. The average molecular weight is 456 g/mol. The number of hydrogen-bond donors (Lipinski definition) is 0. The van der Waals surface area contributed by atoms with Crippen LogP contribution in [0.1, 0.15) is 20.8 Å². The summed E-state index contributed by atoms with van der Waals surface area (Å²) < 4.78 is 7.31. The number of aldehydes is 1. The van der Waals surface area contributed by atoms with Crippen molar-refractivity contribution in [2.75, 3.05) is 31.1 Å². The van der Waals surface area contributed by atoms with Crippen LogP contribution in [-0.2, 0) is 16.1 Å². The lowest BCUT2D eigenvalue weighted by Gasteiger charge is -2.36. The second-order valence-electron chi connectivity index (χ2n) is 8.69. The third-order valence-corrected chi connectivity index (χ3v) is 5.63. The summed E-state index contributed by atoms with van der Waals surface area (Å²) in [7, 11) is 0. The summed E-state index contributed by atoms with van der Waals surface area (Å²) in [4.78, 5) is 36.6. The van der Waals surface area contributed by atoms with Gasteiger partial charge in [0.25, 0.3) is 0 Å². The number of nitrogens with zero attached hydrogens (tertiary/aromatic N) is 5. The van der Waals surface area contributed by atoms with Crippen LogP contribution in [0, 0.1) is 0 Å². The molecule has 168 valence electrons. The van der Waals surface area contributed by atoms with Gasteiger partial charge in [-0.15, -0.1) is 0 Å². The maximum Gasteiger partial charge on any atom is 0.410 e. The van der Waals surface area contributed by atoms with E-state index in [0.717, 1.165) is 28.6 Å².